The molecule has 0 saturated carbocycles. The molecule has 0 spiro atoms. The second-order valence-corrected chi connectivity index (χ2v) is 3.91. The molecule has 0 aliphatic rings. The molecule has 0 bridgehead atoms. The Labute approximate surface area is 113 Å². The molecule has 0 fully saturated rings. The van der Waals surface area contributed by atoms with E-state index in [4.69, 9.17) is 19.9 Å². The highest BCUT2D eigenvalue weighted by molar-refractivity contribution is 5.86. The summed E-state index contributed by atoms with van der Waals surface area (Å²) < 4.78 is 15.5. The van der Waals surface area contributed by atoms with E-state index in [0.29, 0.717) is 36.8 Å². The normalized spacial score (nSPS) is 9.95. The van der Waals surface area contributed by atoms with E-state index in [1.54, 1.807) is 19.1 Å². The van der Waals surface area contributed by atoms with Crippen LogP contribution in [0.4, 0.5) is 5.69 Å². The lowest BCUT2D eigenvalue weighted by atomic mass is 10.3. The number of hydrogen-bond acceptors (Lipinski definition) is 5. The van der Waals surface area contributed by atoms with Gasteiger partial charge in [-0.2, -0.15) is 0 Å². The highest BCUT2D eigenvalue weighted by atomic mass is 16.6. The third-order valence-electron chi connectivity index (χ3n) is 2.21. The highest BCUT2D eigenvalue weighted by Crippen LogP contribution is 2.19. The molecular weight excluding hydrogens is 246 g/mol. The minimum atomic E-state index is -0.406. The lowest BCUT2D eigenvalue weighted by Crippen LogP contribution is -2.14. The van der Waals surface area contributed by atoms with E-state index in [-0.39, 0.29) is 6.61 Å². The molecule has 104 valence electrons. The van der Waals surface area contributed by atoms with E-state index in [9.17, 15) is 4.79 Å². The topological polar surface area (TPSA) is 70.8 Å². The number of hydrogen-bond donors (Lipinski definition) is 1. The van der Waals surface area contributed by atoms with Crippen LogP contribution >= 0.6 is 0 Å². The van der Waals surface area contributed by atoms with Crippen molar-refractivity contribution in [2.45, 2.75) is 6.92 Å². The van der Waals surface area contributed by atoms with Gasteiger partial charge >= 0.3 is 5.97 Å². The number of benzene rings is 1. The molecule has 0 amide bonds. The largest absolute Gasteiger partial charge is 0.489 e. The summed E-state index contributed by atoms with van der Waals surface area (Å²) in [6.45, 7) is 6.40. The summed E-state index contributed by atoms with van der Waals surface area (Å²) in [5.74, 6) is 0.233. The minimum absolute atomic E-state index is 0.208. The van der Waals surface area contributed by atoms with Gasteiger partial charge in [-0.05, 0) is 19.1 Å². The molecule has 1 aromatic carbocycles. The molecule has 0 aromatic heterocycles. The fourth-order valence-corrected chi connectivity index (χ4v) is 1.24. The van der Waals surface area contributed by atoms with Gasteiger partial charge in [0.1, 0.15) is 19.0 Å². The zero-order valence-electron chi connectivity index (χ0n) is 11.1. The van der Waals surface area contributed by atoms with Gasteiger partial charge in [0.05, 0.1) is 18.9 Å². The number of rotatable bonds is 8. The van der Waals surface area contributed by atoms with Crippen LogP contribution in [0.25, 0.3) is 0 Å². The Kier molecular flexibility index (Phi) is 6.46. The van der Waals surface area contributed by atoms with Gasteiger partial charge in [0.15, 0.2) is 0 Å². The molecule has 0 aliphatic heterocycles. The first-order valence-corrected chi connectivity index (χ1v) is 5.99. The van der Waals surface area contributed by atoms with E-state index in [2.05, 4.69) is 6.58 Å². The van der Waals surface area contributed by atoms with Gasteiger partial charge in [0.25, 0.3) is 0 Å². The van der Waals surface area contributed by atoms with E-state index in [1.165, 1.54) is 0 Å². The van der Waals surface area contributed by atoms with Crippen LogP contribution in [0.5, 0.6) is 5.75 Å². The summed E-state index contributed by atoms with van der Waals surface area (Å²) in [5, 5.41) is 0. The molecule has 0 atom stereocenters. The quantitative estimate of drug-likeness (QED) is 0.336. The van der Waals surface area contributed by atoms with Gasteiger partial charge in [-0.15, -0.1) is 0 Å². The molecule has 19 heavy (non-hydrogen) atoms. The van der Waals surface area contributed by atoms with Crippen molar-refractivity contribution in [3.63, 3.8) is 0 Å². The molecule has 0 heterocycles. The fourth-order valence-electron chi connectivity index (χ4n) is 1.24. The van der Waals surface area contributed by atoms with Crippen molar-refractivity contribution < 1.29 is 19.0 Å². The second-order valence-electron chi connectivity index (χ2n) is 3.91. The third kappa shape index (κ3) is 5.92. The van der Waals surface area contributed by atoms with Crippen molar-refractivity contribution in [3.05, 3.63) is 36.4 Å². The summed E-state index contributed by atoms with van der Waals surface area (Å²) in [4.78, 5) is 11.0. The summed E-state index contributed by atoms with van der Waals surface area (Å²) in [6, 6.07) is 7.26. The maximum absolute atomic E-state index is 11.0. The van der Waals surface area contributed by atoms with Crippen LogP contribution in [0, 0.1) is 0 Å². The SMILES string of the molecule is C=C(C)C(=O)OCCOCCOc1ccccc1N. The van der Waals surface area contributed by atoms with Gasteiger partial charge < -0.3 is 19.9 Å². The lowest BCUT2D eigenvalue weighted by molar-refractivity contribution is -0.140. The first-order valence-electron chi connectivity index (χ1n) is 5.99. The van der Waals surface area contributed by atoms with Crippen LogP contribution in [-0.4, -0.2) is 32.4 Å². The number of esters is 1. The molecule has 0 aliphatic carbocycles. The van der Waals surface area contributed by atoms with Crippen molar-refractivity contribution in [2.75, 3.05) is 32.2 Å². The van der Waals surface area contributed by atoms with E-state index in [1.807, 2.05) is 12.1 Å². The van der Waals surface area contributed by atoms with E-state index < -0.39 is 5.97 Å². The van der Waals surface area contributed by atoms with Gasteiger partial charge in [-0.1, -0.05) is 18.7 Å². The molecule has 0 saturated heterocycles. The smallest absolute Gasteiger partial charge is 0.333 e. The first kappa shape index (κ1) is 15.0. The van der Waals surface area contributed by atoms with Crippen molar-refractivity contribution in [1.82, 2.24) is 0 Å². The van der Waals surface area contributed by atoms with Gasteiger partial charge in [-0.25, -0.2) is 4.79 Å². The van der Waals surface area contributed by atoms with Gasteiger partial charge in [-0.3, -0.25) is 0 Å². The maximum Gasteiger partial charge on any atom is 0.333 e. The second kappa shape index (κ2) is 8.16. The number of carbonyl (C=O) groups excluding carboxylic acids is 1. The predicted molar refractivity (Wildman–Crippen MR) is 72.9 cm³/mol. The number of anilines is 1. The van der Waals surface area contributed by atoms with Crippen LogP contribution in [0.3, 0.4) is 0 Å². The zero-order chi connectivity index (χ0) is 14.1. The number of para-hydroxylation sites is 2. The highest BCUT2D eigenvalue weighted by Gasteiger charge is 2.02. The molecule has 0 radical (unpaired) electrons. The van der Waals surface area contributed by atoms with E-state index >= 15 is 0 Å². The number of nitrogens with two attached hydrogens (primary N) is 1. The molecule has 1 rings (SSSR count). The first-order chi connectivity index (χ1) is 9.11. The monoisotopic (exact) mass is 265 g/mol. The third-order valence-corrected chi connectivity index (χ3v) is 2.21. The summed E-state index contributed by atoms with van der Waals surface area (Å²) in [6.07, 6.45) is 0. The molecule has 2 N–H and O–H groups in total. The molecular formula is C14H19NO4. The Morgan fingerprint density at radius 1 is 1.21 bits per heavy atom. The average molecular weight is 265 g/mol. The van der Waals surface area contributed by atoms with Crippen LogP contribution < -0.4 is 10.5 Å². The average Bonchev–Trinajstić information content (AvgIpc) is 2.39. The Hall–Kier alpha value is -2.01. The number of carbonyl (C=O) groups is 1. The Morgan fingerprint density at radius 2 is 1.89 bits per heavy atom. The van der Waals surface area contributed by atoms with Gasteiger partial charge in [0, 0.05) is 5.57 Å². The maximum atomic E-state index is 11.0. The predicted octanol–water partition coefficient (Wildman–Crippen LogP) is 1.78. The zero-order valence-corrected chi connectivity index (χ0v) is 11.1. The lowest BCUT2D eigenvalue weighted by Gasteiger charge is -2.09. The van der Waals surface area contributed by atoms with Crippen molar-refractivity contribution in [3.8, 4) is 5.75 Å². The summed E-state index contributed by atoms with van der Waals surface area (Å²) >= 11 is 0. The number of ether oxygens (including phenoxy) is 3. The molecule has 1 aromatic rings. The molecule has 5 heteroatoms. The van der Waals surface area contributed by atoms with Gasteiger partial charge in [0.2, 0.25) is 0 Å². The van der Waals surface area contributed by atoms with Crippen molar-refractivity contribution >= 4 is 11.7 Å². The van der Waals surface area contributed by atoms with Crippen LogP contribution in [0.2, 0.25) is 0 Å². The Bertz CT molecular complexity index is 431. The van der Waals surface area contributed by atoms with Crippen LogP contribution in [-0.2, 0) is 14.3 Å². The molecule has 5 nitrogen and oxygen atoms in total. The van der Waals surface area contributed by atoms with E-state index in [0.717, 1.165) is 0 Å². The van der Waals surface area contributed by atoms with Crippen molar-refractivity contribution in [1.29, 1.82) is 0 Å². The van der Waals surface area contributed by atoms with Crippen LogP contribution in [0.1, 0.15) is 6.92 Å². The van der Waals surface area contributed by atoms with Crippen LogP contribution in [0.15, 0.2) is 36.4 Å². The Morgan fingerprint density at radius 3 is 2.58 bits per heavy atom. The number of nitrogen functional groups attached to an aromatic ring is 1. The Balaban J connectivity index is 2.05. The van der Waals surface area contributed by atoms with Crippen molar-refractivity contribution in [2.24, 2.45) is 0 Å². The molecule has 0 unspecified atom stereocenters. The standard InChI is InChI=1S/C14H19NO4/c1-11(2)14(16)19-10-8-17-7-9-18-13-6-4-3-5-12(13)15/h3-6H,1,7-10,15H2,2H3. The minimum Gasteiger partial charge on any atom is -0.489 e. The summed E-state index contributed by atoms with van der Waals surface area (Å²) in [5.41, 5.74) is 6.69. The fraction of sp³-hybridized carbons (Fsp3) is 0.357. The summed E-state index contributed by atoms with van der Waals surface area (Å²) in [7, 11) is 0.